The van der Waals surface area contributed by atoms with E-state index in [-0.39, 0.29) is 70.6 Å². The number of hydrogen-bond donors (Lipinski definition) is 0. The van der Waals surface area contributed by atoms with Gasteiger partial charge in [0.15, 0.2) is 6.29 Å². The Morgan fingerprint density at radius 3 is 1.27 bits per heavy atom. The Labute approximate surface area is 664 Å². The van der Waals surface area contributed by atoms with Gasteiger partial charge in [0.25, 0.3) is 0 Å². The van der Waals surface area contributed by atoms with Gasteiger partial charge in [-0.1, -0.05) is 75.3 Å². The van der Waals surface area contributed by atoms with E-state index < -0.39 is 41.8 Å². The third-order valence-electron chi connectivity index (χ3n) is 19.5. The van der Waals surface area contributed by atoms with Crippen LogP contribution in [0.2, 0.25) is 0 Å². The molecule has 20 nitrogen and oxygen atoms in total. The van der Waals surface area contributed by atoms with Crippen molar-refractivity contribution in [2.45, 2.75) is 251 Å². The van der Waals surface area contributed by atoms with Crippen LogP contribution in [0.15, 0.2) is 133 Å². The summed E-state index contributed by atoms with van der Waals surface area (Å²) in [5, 5.41) is 0. The highest BCUT2D eigenvalue weighted by Crippen LogP contribution is 2.38. The highest BCUT2D eigenvalue weighted by atomic mass is 16.7. The lowest BCUT2D eigenvalue weighted by Crippen LogP contribution is -2.22. The van der Waals surface area contributed by atoms with Crippen LogP contribution >= 0.6 is 0 Å². The minimum atomic E-state index is -0.492. The maximum atomic E-state index is 13.5. The Kier molecular flexibility index (Phi) is 45.1. The van der Waals surface area contributed by atoms with Gasteiger partial charge >= 0.3 is 41.8 Å². The standard InChI is InChI=1S/C92H122O20/c1-3-5-6-7-18-32-73-36-46-80(47-37-73)111-90(97)76-42-48-78(49-43-76)100-60-20-8-12-24-65-105-86(94)58-59-88(96)107-67-27-15-11-23-63-103-84-55-54-82(71-83(84)92(99)110-70-29-17-16-28-68-108-89-33-19-30-69-109-89)102-62-22-10-14-26-66-106-87(95)57-56-85(93)104-64-25-13-9-21-61-101-79-50-44-77(45-51-79)91(98)112-81-52-40-75(41-53-81)74-38-34-72(31-4-2)35-39-74/h6,32,36-37,40-55,71-72,74,89H,3-5,8-17,19-31,33-35,38-39,56-70H2,1-2H3. The second-order valence-electron chi connectivity index (χ2n) is 28.7. The van der Waals surface area contributed by atoms with Crippen LogP contribution in [-0.2, 0) is 52.3 Å². The van der Waals surface area contributed by atoms with E-state index in [4.69, 9.17) is 61.6 Å². The number of allylic oxidation sites excluding steroid dienone is 1. The molecule has 0 radical (unpaired) electrons. The molecule has 1 aliphatic carbocycles. The molecule has 7 rings (SSSR count). The predicted molar refractivity (Wildman–Crippen MR) is 429 cm³/mol. The van der Waals surface area contributed by atoms with Crippen molar-refractivity contribution in [3.05, 3.63) is 161 Å². The number of rotatable bonds is 57. The summed E-state index contributed by atoms with van der Waals surface area (Å²) in [5.74, 6) is 1.54. The minimum absolute atomic E-state index is 0.0398. The first-order valence-corrected chi connectivity index (χ1v) is 41.6. The summed E-state index contributed by atoms with van der Waals surface area (Å²) >= 11 is 0. The normalized spacial score (nSPS) is 14.4. The molecule has 2 fully saturated rings. The molecule has 0 spiro atoms. The van der Waals surface area contributed by atoms with Crippen molar-refractivity contribution in [3.63, 3.8) is 0 Å². The van der Waals surface area contributed by atoms with Gasteiger partial charge in [-0.3, -0.25) is 19.2 Å². The molecule has 1 saturated heterocycles. The predicted octanol–water partition coefficient (Wildman–Crippen LogP) is 20.5. The van der Waals surface area contributed by atoms with E-state index in [0.717, 1.165) is 140 Å². The van der Waals surface area contributed by atoms with Crippen molar-refractivity contribution in [2.75, 3.05) is 72.7 Å². The molecular formula is C92H122O20. The summed E-state index contributed by atoms with van der Waals surface area (Å²) < 4.78 is 73.9. The van der Waals surface area contributed by atoms with Crippen LogP contribution in [0.5, 0.6) is 34.5 Å². The first kappa shape index (κ1) is 90.0. The molecule has 0 aromatic heterocycles. The summed E-state index contributed by atoms with van der Waals surface area (Å²) in [7, 11) is 0. The molecule has 1 heterocycles. The monoisotopic (exact) mass is 1550 g/mol. The Hall–Kier alpha value is -9.19. The zero-order chi connectivity index (χ0) is 79.1. The summed E-state index contributed by atoms with van der Waals surface area (Å²) in [5.41, 5.74) is 9.41. The molecule has 5 aromatic carbocycles. The molecule has 610 valence electrons. The van der Waals surface area contributed by atoms with Crippen LogP contribution < -0.4 is 28.4 Å². The largest absolute Gasteiger partial charge is 0.494 e. The van der Waals surface area contributed by atoms with Crippen LogP contribution in [0.25, 0.3) is 6.08 Å². The number of ether oxygens (including phenoxy) is 13. The van der Waals surface area contributed by atoms with Gasteiger partial charge in [-0.15, -0.1) is 0 Å². The summed E-state index contributed by atoms with van der Waals surface area (Å²) in [6.07, 6.45) is 32.2. The molecule has 1 atom stereocenters. The van der Waals surface area contributed by atoms with Gasteiger partial charge in [0.1, 0.15) is 40.1 Å². The van der Waals surface area contributed by atoms with Crippen molar-refractivity contribution in [3.8, 4) is 34.5 Å². The van der Waals surface area contributed by atoms with E-state index in [1.54, 1.807) is 78.9 Å². The first-order chi connectivity index (χ1) is 54.9. The first-order valence-electron chi connectivity index (χ1n) is 41.6. The molecule has 1 unspecified atom stereocenters. The van der Waals surface area contributed by atoms with Gasteiger partial charge in [0, 0.05) is 13.2 Å². The van der Waals surface area contributed by atoms with E-state index in [2.05, 4.69) is 37.4 Å². The van der Waals surface area contributed by atoms with Gasteiger partial charge < -0.3 is 61.6 Å². The smallest absolute Gasteiger partial charge is 0.343 e. The molecule has 0 bridgehead atoms. The van der Waals surface area contributed by atoms with Crippen LogP contribution in [0, 0.1) is 5.92 Å². The van der Waals surface area contributed by atoms with Gasteiger partial charge in [-0.05, 0) is 299 Å². The molecule has 1 saturated carbocycles. The van der Waals surface area contributed by atoms with E-state index in [9.17, 15) is 33.6 Å². The lowest BCUT2D eigenvalue weighted by molar-refractivity contribution is -0.162. The Bertz CT molecular complexity index is 3600. The molecule has 112 heavy (non-hydrogen) atoms. The van der Waals surface area contributed by atoms with Gasteiger partial charge in [0.05, 0.1) is 96.3 Å². The highest BCUT2D eigenvalue weighted by Gasteiger charge is 2.23. The van der Waals surface area contributed by atoms with Crippen molar-refractivity contribution in [1.82, 2.24) is 0 Å². The maximum absolute atomic E-state index is 13.5. The quantitative estimate of drug-likeness (QED) is 0.0116. The lowest BCUT2D eigenvalue weighted by atomic mass is 9.77. The third kappa shape index (κ3) is 38.8. The fourth-order valence-corrected chi connectivity index (χ4v) is 12.9. The SMILES string of the molecule is CCCC=C=C=Cc1ccc(OC(=O)c2ccc(OCCCCCCOC(=O)CCC(=O)OCCCCCCOc3ccc(OCCCCCCOC(=O)CCC(=O)OCCCCCCOc4ccc(C(=O)Oc5ccc(C6CCC(CCC)CC6)cc5)cc4)cc3C(=O)OCCCCCCOC3CCCCO3)cc2)cc1. The van der Waals surface area contributed by atoms with Gasteiger partial charge in [-0.2, -0.15) is 0 Å². The molecule has 2 aliphatic rings. The van der Waals surface area contributed by atoms with E-state index in [0.29, 0.717) is 123 Å². The Morgan fingerprint density at radius 2 is 0.812 bits per heavy atom. The third-order valence-corrected chi connectivity index (χ3v) is 19.5. The molecule has 20 heteroatoms. The number of unbranched alkanes of at least 4 members (excludes halogenated alkanes) is 16. The minimum Gasteiger partial charge on any atom is -0.494 e. The van der Waals surface area contributed by atoms with Crippen molar-refractivity contribution < 1.29 is 95.1 Å². The van der Waals surface area contributed by atoms with Crippen LogP contribution in [0.4, 0.5) is 0 Å². The van der Waals surface area contributed by atoms with Gasteiger partial charge in [0.2, 0.25) is 0 Å². The Balaban J connectivity index is 0.664. The number of carbonyl (C=O) groups is 7. The second-order valence-corrected chi connectivity index (χ2v) is 28.7. The topological polar surface area (TPSA) is 239 Å². The van der Waals surface area contributed by atoms with Gasteiger partial charge in [-0.25, -0.2) is 14.4 Å². The number of benzene rings is 5. The summed E-state index contributed by atoms with van der Waals surface area (Å²) in [4.78, 5) is 88.5. The number of hydrogen-bond acceptors (Lipinski definition) is 20. The average Bonchev–Trinajstić information content (AvgIpc) is 0.849. The summed E-state index contributed by atoms with van der Waals surface area (Å²) in [6.45, 7) is 8.85. The van der Waals surface area contributed by atoms with Crippen molar-refractivity contribution in [1.29, 1.82) is 0 Å². The van der Waals surface area contributed by atoms with Crippen molar-refractivity contribution >= 4 is 47.9 Å². The van der Waals surface area contributed by atoms with E-state index >= 15 is 0 Å². The maximum Gasteiger partial charge on any atom is 0.343 e. The van der Waals surface area contributed by atoms with Crippen LogP contribution in [0.1, 0.15) is 287 Å². The molecule has 5 aromatic rings. The number of esters is 7. The van der Waals surface area contributed by atoms with Crippen molar-refractivity contribution in [2.24, 2.45) is 5.92 Å². The fourth-order valence-electron chi connectivity index (χ4n) is 12.9. The van der Waals surface area contributed by atoms with E-state index in [1.165, 1.54) is 44.1 Å². The zero-order valence-electron chi connectivity index (χ0n) is 66.5. The second kappa shape index (κ2) is 56.1. The number of carbonyl (C=O) groups excluding carboxylic acids is 7. The lowest BCUT2D eigenvalue weighted by Gasteiger charge is -2.28. The van der Waals surface area contributed by atoms with E-state index in [1.807, 2.05) is 36.4 Å². The highest BCUT2D eigenvalue weighted by molar-refractivity contribution is 5.93. The van der Waals surface area contributed by atoms with Crippen LogP contribution in [-0.4, -0.2) is 121 Å². The fraction of sp³-hybridized carbons (Fsp3) is 0.554. The molecule has 0 N–H and O–H groups in total. The van der Waals surface area contributed by atoms with Crippen LogP contribution in [0.3, 0.4) is 0 Å². The molecule has 0 amide bonds. The average molecular weight is 1550 g/mol. The zero-order valence-corrected chi connectivity index (χ0v) is 66.5. The molecule has 1 aliphatic heterocycles. The molecular weight excluding hydrogens is 1420 g/mol. The summed E-state index contributed by atoms with van der Waals surface area (Å²) in [6, 6.07) is 34.1. The Morgan fingerprint density at radius 1 is 0.393 bits per heavy atom.